The van der Waals surface area contributed by atoms with E-state index in [1.54, 1.807) is 13.0 Å². The molecule has 0 bridgehead atoms. The van der Waals surface area contributed by atoms with Crippen molar-refractivity contribution in [3.63, 3.8) is 0 Å². The third-order valence-electron chi connectivity index (χ3n) is 3.13. The molecule has 1 fully saturated rings. The van der Waals surface area contributed by atoms with E-state index in [-0.39, 0.29) is 0 Å². The minimum Gasteiger partial charge on any atom is -0.462 e. The Morgan fingerprint density at radius 3 is 2.82 bits per heavy atom. The molecule has 22 heavy (non-hydrogen) atoms. The second-order valence-corrected chi connectivity index (χ2v) is 5.07. The van der Waals surface area contributed by atoms with E-state index in [4.69, 9.17) is 9.47 Å². The molecule has 0 radical (unpaired) electrons. The van der Waals surface area contributed by atoms with E-state index < -0.39 is 5.97 Å². The van der Waals surface area contributed by atoms with Gasteiger partial charge in [-0.1, -0.05) is 0 Å². The number of hydrogen-bond acceptors (Lipinski definition) is 7. The maximum Gasteiger partial charge on any atom is 0.341 e. The average Bonchev–Trinajstić information content (AvgIpc) is 2.53. The number of esters is 1. The van der Waals surface area contributed by atoms with Crippen LogP contribution in [0.3, 0.4) is 0 Å². The lowest BCUT2D eigenvalue weighted by atomic mass is 10.2. The van der Waals surface area contributed by atoms with Crippen molar-refractivity contribution in [2.24, 2.45) is 0 Å². The van der Waals surface area contributed by atoms with Crippen LogP contribution in [-0.4, -0.2) is 67.8 Å². The molecule has 1 saturated heterocycles. The minimum atomic E-state index is -0.408. The first-order valence-corrected chi connectivity index (χ1v) is 7.33. The van der Waals surface area contributed by atoms with Gasteiger partial charge in [-0.05, 0) is 13.0 Å². The van der Waals surface area contributed by atoms with Crippen LogP contribution in [0.4, 0.5) is 5.95 Å². The predicted octanol–water partition coefficient (Wildman–Crippen LogP) is 1.02. The molecule has 0 atom stereocenters. The van der Waals surface area contributed by atoms with Crippen LogP contribution in [0, 0.1) is 0 Å². The van der Waals surface area contributed by atoms with Gasteiger partial charge in [0.1, 0.15) is 5.56 Å². The maximum atomic E-state index is 12.0. The van der Waals surface area contributed by atoms with Crippen molar-refractivity contribution in [1.29, 1.82) is 0 Å². The summed E-state index contributed by atoms with van der Waals surface area (Å²) in [5.41, 5.74) is 0.931. The van der Waals surface area contributed by atoms with Crippen molar-refractivity contribution in [2.45, 2.75) is 6.92 Å². The summed E-state index contributed by atoms with van der Waals surface area (Å²) in [7, 11) is 3.81. The number of hydrogen-bond donors (Lipinski definition) is 0. The summed E-state index contributed by atoms with van der Waals surface area (Å²) in [6, 6.07) is 0. The third-order valence-corrected chi connectivity index (χ3v) is 3.13. The Balaban J connectivity index is 2.31. The number of nitrogens with zero attached hydrogens (tertiary/aromatic N) is 4. The van der Waals surface area contributed by atoms with Crippen LogP contribution in [0.5, 0.6) is 0 Å². The summed E-state index contributed by atoms with van der Waals surface area (Å²) >= 11 is 0. The van der Waals surface area contributed by atoms with Gasteiger partial charge in [0.2, 0.25) is 5.95 Å². The lowest BCUT2D eigenvalue weighted by molar-refractivity contribution is 0.0525. The molecular weight excluding hydrogens is 284 g/mol. The maximum absolute atomic E-state index is 12.0. The highest BCUT2D eigenvalue weighted by atomic mass is 16.5. The fraction of sp³-hybridized carbons (Fsp3) is 0.533. The summed E-state index contributed by atoms with van der Waals surface area (Å²) < 4.78 is 10.4. The Kier molecular flexibility index (Phi) is 5.71. The number of carbonyl (C=O) groups is 1. The van der Waals surface area contributed by atoms with Gasteiger partial charge in [0.05, 0.1) is 25.5 Å². The second-order valence-electron chi connectivity index (χ2n) is 5.07. The number of aromatic nitrogens is 2. The highest BCUT2D eigenvalue weighted by Gasteiger charge is 2.18. The summed E-state index contributed by atoms with van der Waals surface area (Å²) in [6.07, 6.45) is 5.16. The van der Waals surface area contributed by atoms with Gasteiger partial charge in [-0.2, -0.15) is 0 Å². The van der Waals surface area contributed by atoms with Crippen LogP contribution < -0.4 is 4.90 Å². The van der Waals surface area contributed by atoms with Crippen molar-refractivity contribution < 1.29 is 14.3 Å². The molecule has 0 aliphatic carbocycles. The Morgan fingerprint density at radius 1 is 1.45 bits per heavy atom. The van der Waals surface area contributed by atoms with E-state index in [0.717, 1.165) is 13.1 Å². The number of anilines is 1. The van der Waals surface area contributed by atoms with E-state index in [1.165, 1.54) is 6.20 Å². The van der Waals surface area contributed by atoms with Crippen LogP contribution in [0.1, 0.15) is 23.0 Å². The van der Waals surface area contributed by atoms with Gasteiger partial charge >= 0.3 is 5.97 Å². The number of morpholine rings is 1. The molecule has 0 spiro atoms. The van der Waals surface area contributed by atoms with E-state index in [1.807, 2.05) is 30.1 Å². The summed E-state index contributed by atoms with van der Waals surface area (Å²) in [4.78, 5) is 24.8. The smallest absolute Gasteiger partial charge is 0.341 e. The quantitative estimate of drug-likeness (QED) is 0.752. The Labute approximate surface area is 130 Å². The standard InChI is InChI=1S/C15H22N4O3/c1-4-22-14(20)12-11-16-15(19-7-9-21-10-8-19)17-13(12)5-6-18(2)3/h5-6,11H,4,7-10H2,1-3H3. The van der Waals surface area contributed by atoms with Crippen LogP contribution >= 0.6 is 0 Å². The first-order valence-electron chi connectivity index (χ1n) is 7.33. The Morgan fingerprint density at radius 2 is 2.18 bits per heavy atom. The zero-order chi connectivity index (χ0) is 15.9. The first kappa shape index (κ1) is 16.2. The fourth-order valence-electron chi connectivity index (χ4n) is 2.01. The predicted molar refractivity (Wildman–Crippen MR) is 83.7 cm³/mol. The number of rotatable bonds is 5. The summed E-state index contributed by atoms with van der Waals surface area (Å²) in [6.45, 7) is 4.90. The van der Waals surface area contributed by atoms with Crippen molar-refractivity contribution in [2.75, 3.05) is 51.9 Å². The third kappa shape index (κ3) is 4.17. The second kappa shape index (κ2) is 7.74. The number of ether oxygens (including phenoxy) is 2. The normalized spacial score (nSPS) is 15.1. The lowest BCUT2D eigenvalue weighted by Gasteiger charge is -2.27. The molecule has 1 aliphatic heterocycles. The van der Waals surface area contributed by atoms with Gasteiger partial charge in [-0.15, -0.1) is 0 Å². The fourth-order valence-corrected chi connectivity index (χ4v) is 2.01. The number of carbonyl (C=O) groups excluding carboxylic acids is 1. The van der Waals surface area contributed by atoms with Gasteiger partial charge < -0.3 is 19.3 Å². The molecule has 0 N–H and O–H groups in total. The van der Waals surface area contributed by atoms with Gasteiger partial charge in [0, 0.05) is 39.6 Å². The molecular formula is C15H22N4O3. The van der Waals surface area contributed by atoms with Gasteiger partial charge in [0.25, 0.3) is 0 Å². The molecule has 2 rings (SSSR count). The first-order chi connectivity index (χ1) is 10.6. The molecule has 1 aromatic rings. The highest BCUT2D eigenvalue weighted by molar-refractivity contribution is 5.92. The summed E-state index contributed by atoms with van der Waals surface area (Å²) in [5, 5.41) is 0. The summed E-state index contributed by atoms with van der Waals surface area (Å²) in [5.74, 6) is 0.198. The molecule has 0 unspecified atom stereocenters. The van der Waals surface area contributed by atoms with Crippen molar-refractivity contribution in [1.82, 2.24) is 14.9 Å². The van der Waals surface area contributed by atoms with Crippen LogP contribution in [0.15, 0.2) is 12.4 Å². The van der Waals surface area contributed by atoms with Gasteiger partial charge in [0.15, 0.2) is 0 Å². The Hall–Kier alpha value is -2.15. The molecule has 7 heteroatoms. The van der Waals surface area contributed by atoms with Crippen LogP contribution in [0.2, 0.25) is 0 Å². The monoisotopic (exact) mass is 306 g/mol. The van der Waals surface area contributed by atoms with Crippen molar-refractivity contribution >= 4 is 18.0 Å². The highest BCUT2D eigenvalue weighted by Crippen LogP contribution is 2.16. The van der Waals surface area contributed by atoms with E-state index in [2.05, 4.69) is 9.97 Å². The molecule has 7 nitrogen and oxygen atoms in total. The average molecular weight is 306 g/mol. The molecule has 0 aromatic carbocycles. The lowest BCUT2D eigenvalue weighted by Crippen LogP contribution is -2.37. The van der Waals surface area contributed by atoms with Gasteiger partial charge in [-0.3, -0.25) is 0 Å². The molecule has 1 aromatic heterocycles. The molecule has 0 amide bonds. The zero-order valence-corrected chi connectivity index (χ0v) is 13.3. The Bertz CT molecular complexity index is 540. The zero-order valence-electron chi connectivity index (χ0n) is 13.3. The van der Waals surface area contributed by atoms with E-state index in [0.29, 0.717) is 37.0 Å². The van der Waals surface area contributed by atoms with E-state index in [9.17, 15) is 4.79 Å². The molecule has 1 aliphatic rings. The molecule has 2 heterocycles. The largest absolute Gasteiger partial charge is 0.462 e. The molecule has 0 saturated carbocycles. The van der Waals surface area contributed by atoms with Crippen LogP contribution in [0.25, 0.3) is 6.08 Å². The van der Waals surface area contributed by atoms with Crippen molar-refractivity contribution in [3.8, 4) is 0 Å². The van der Waals surface area contributed by atoms with Crippen LogP contribution in [-0.2, 0) is 9.47 Å². The van der Waals surface area contributed by atoms with Gasteiger partial charge in [-0.25, -0.2) is 14.8 Å². The SMILES string of the molecule is CCOC(=O)c1cnc(N2CCOCC2)nc1C=CN(C)C. The topological polar surface area (TPSA) is 67.8 Å². The minimum absolute atomic E-state index is 0.320. The van der Waals surface area contributed by atoms with Crippen molar-refractivity contribution in [3.05, 3.63) is 23.7 Å². The van der Waals surface area contributed by atoms with E-state index >= 15 is 0 Å². The molecule has 120 valence electrons.